The third kappa shape index (κ3) is 8.73. The molecular formula is C31H34O8. The number of benzene rings is 3. The molecule has 0 radical (unpaired) electrons. The van der Waals surface area contributed by atoms with Crippen molar-refractivity contribution in [1.29, 1.82) is 0 Å². The summed E-state index contributed by atoms with van der Waals surface area (Å²) in [6.07, 6.45) is -4.47. The van der Waals surface area contributed by atoms with Crippen molar-refractivity contribution in [3.05, 3.63) is 108 Å². The van der Waals surface area contributed by atoms with Gasteiger partial charge in [0.25, 0.3) is 0 Å². The van der Waals surface area contributed by atoms with Crippen molar-refractivity contribution in [1.82, 2.24) is 0 Å². The minimum atomic E-state index is -1.20. The van der Waals surface area contributed by atoms with Gasteiger partial charge < -0.3 is 28.4 Å². The molecule has 5 atom stereocenters. The van der Waals surface area contributed by atoms with E-state index < -0.39 is 42.6 Å². The average molecular weight is 535 g/mol. The van der Waals surface area contributed by atoms with E-state index in [1.165, 1.54) is 13.8 Å². The summed E-state index contributed by atoms with van der Waals surface area (Å²) in [7, 11) is 0. The van der Waals surface area contributed by atoms with Gasteiger partial charge in [-0.1, -0.05) is 91.0 Å². The first-order valence-electron chi connectivity index (χ1n) is 12.9. The molecule has 0 amide bonds. The average Bonchev–Trinajstić information content (AvgIpc) is 2.94. The molecular weight excluding hydrogens is 500 g/mol. The number of ether oxygens (including phenoxy) is 6. The number of hydrogen-bond acceptors (Lipinski definition) is 8. The number of carbonyl (C=O) groups is 2. The Morgan fingerprint density at radius 1 is 0.615 bits per heavy atom. The number of hydrogen-bond donors (Lipinski definition) is 0. The molecule has 39 heavy (non-hydrogen) atoms. The molecule has 1 fully saturated rings. The van der Waals surface area contributed by atoms with Crippen molar-refractivity contribution in [3.63, 3.8) is 0 Å². The first-order valence-corrected chi connectivity index (χ1v) is 12.9. The molecule has 206 valence electrons. The predicted octanol–water partition coefficient (Wildman–Crippen LogP) is 4.59. The van der Waals surface area contributed by atoms with Crippen LogP contribution in [0.1, 0.15) is 30.5 Å². The van der Waals surface area contributed by atoms with E-state index in [9.17, 15) is 9.59 Å². The molecule has 0 aliphatic carbocycles. The molecule has 0 saturated carbocycles. The van der Waals surface area contributed by atoms with E-state index >= 15 is 0 Å². The van der Waals surface area contributed by atoms with E-state index in [0.717, 1.165) is 16.7 Å². The fourth-order valence-electron chi connectivity index (χ4n) is 4.38. The summed E-state index contributed by atoms with van der Waals surface area (Å²) < 4.78 is 36.0. The number of rotatable bonds is 12. The van der Waals surface area contributed by atoms with Crippen molar-refractivity contribution in [2.75, 3.05) is 6.61 Å². The second-order valence-corrected chi connectivity index (χ2v) is 9.25. The van der Waals surface area contributed by atoms with Gasteiger partial charge in [0.15, 0.2) is 6.10 Å². The second-order valence-electron chi connectivity index (χ2n) is 9.25. The van der Waals surface area contributed by atoms with Crippen molar-refractivity contribution in [2.45, 2.75) is 64.4 Å². The molecule has 3 aromatic rings. The summed E-state index contributed by atoms with van der Waals surface area (Å²) in [4.78, 5) is 24.1. The Bertz CT molecular complexity index is 1150. The lowest BCUT2D eigenvalue weighted by Crippen LogP contribution is -2.62. The predicted molar refractivity (Wildman–Crippen MR) is 142 cm³/mol. The van der Waals surface area contributed by atoms with Gasteiger partial charge in [-0.2, -0.15) is 0 Å². The summed E-state index contributed by atoms with van der Waals surface area (Å²) in [6, 6.07) is 29.1. The van der Waals surface area contributed by atoms with E-state index in [0.29, 0.717) is 6.61 Å². The van der Waals surface area contributed by atoms with Crippen LogP contribution >= 0.6 is 0 Å². The zero-order valence-corrected chi connectivity index (χ0v) is 22.1. The minimum absolute atomic E-state index is 0.129. The molecule has 0 aromatic heterocycles. The molecule has 0 spiro atoms. The highest BCUT2D eigenvalue weighted by Crippen LogP contribution is 2.31. The zero-order chi connectivity index (χ0) is 27.5. The maximum Gasteiger partial charge on any atom is 0.305 e. The van der Waals surface area contributed by atoms with Crippen LogP contribution in [0.25, 0.3) is 0 Å². The molecule has 1 heterocycles. The molecule has 0 N–H and O–H groups in total. The SMILES string of the molecule is CC(=O)OC1OC(COCc2ccccc2)C(OCc2ccccc2)C(OCc2ccccc2)C1OC(C)=O. The Labute approximate surface area is 228 Å². The Kier molecular flexibility index (Phi) is 10.6. The smallest absolute Gasteiger partial charge is 0.305 e. The van der Waals surface area contributed by atoms with Crippen LogP contribution in [0.4, 0.5) is 0 Å². The van der Waals surface area contributed by atoms with Gasteiger partial charge >= 0.3 is 11.9 Å². The summed E-state index contributed by atoms with van der Waals surface area (Å²) in [5, 5.41) is 0. The van der Waals surface area contributed by atoms with Crippen LogP contribution in [0, 0.1) is 0 Å². The molecule has 4 rings (SSSR count). The van der Waals surface area contributed by atoms with Crippen molar-refractivity contribution in [3.8, 4) is 0 Å². The van der Waals surface area contributed by atoms with Gasteiger partial charge in [0.05, 0.1) is 26.4 Å². The first-order chi connectivity index (χ1) is 19.0. The third-order valence-corrected chi connectivity index (χ3v) is 6.14. The maximum atomic E-state index is 12.1. The van der Waals surface area contributed by atoms with Crippen molar-refractivity contribution >= 4 is 11.9 Å². The number of carbonyl (C=O) groups excluding carboxylic acids is 2. The lowest BCUT2D eigenvalue weighted by atomic mass is 9.98. The van der Waals surface area contributed by atoms with Gasteiger partial charge in [-0.3, -0.25) is 9.59 Å². The van der Waals surface area contributed by atoms with Crippen LogP contribution in [-0.2, 0) is 57.8 Å². The fraction of sp³-hybridized carbons (Fsp3) is 0.355. The lowest BCUT2D eigenvalue weighted by Gasteiger charge is -2.44. The Morgan fingerprint density at radius 2 is 1.08 bits per heavy atom. The highest BCUT2D eigenvalue weighted by Gasteiger charge is 2.51. The Hall–Kier alpha value is -3.56. The monoisotopic (exact) mass is 534 g/mol. The van der Waals surface area contributed by atoms with E-state index in [1.54, 1.807) is 0 Å². The standard InChI is InChI=1S/C31H34O8/c1-22(32)37-30-29(36-20-26-16-10-5-11-17-26)28(35-19-25-14-8-4-9-15-25)27(39-31(30)38-23(2)33)21-34-18-24-12-6-3-7-13-24/h3-17,27-31H,18-21H2,1-2H3. The van der Waals surface area contributed by atoms with Crippen LogP contribution in [0.15, 0.2) is 91.0 Å². The summed E-state index contributed by atoms with van der Waals surface area (Å²) in [5.41, 5.74) is 2.88. The summed E-state index contributed by atoms with van der Waals surface area (Å²) in [6.45, 7) is 3.53. The highest BCUT2D eigenvalue weighted by molar-refractivity contribution is 5.67. The highest BCUT2D eigenvalue weighted by atomic mass is 16.7. The maximum absolute atomic E-state index is 12.1. The van der Waals surface area contributed by atoms with Gasteiger partial charge in [-0.15, -0.1) is 0 Å². The van der Waals surface area contributed by atoms with Crippen LogP contribution in [-0.4, -0.2) is 49.3 Å². The second kappa shape index (κ2) is 14.6. The van der Waals surface area contributed by atoms with Crippen molar-refractivity contribution < 1.29 is 38.0 Å². The molecule has 8 heteroatoms. The molecule has 5 unspecified atom stereocenters. The molecule has 1 aliphatic heterocycles. The van der Waals surface area contributed by atoms with Gasteiger partial charge in [0.1, 0.15) is 18.3 Å². The Balaban J connectivity index is 1.60. The number of esters is 2. The Morgan fingerprint density at radius 3 is 1.56 bits per heavy atom. The molecule has 1 saturated heterocycles. The first kappa shape index (κ1) is 28.4. The van der Waals surface area contributed by atoms with Crippen LogP contribution in [0.2, 0.25) is 0 Å². The van der Waals surface area contributed by atoms with Gasteiger partial charge in [0, 0.05) is 13.8 Å². The van der Waals surface area contributed by atoms with E-state index in [-0.39, 0.29) is 19.8 Å². The molecule has 8 nitrogen and oxygen atoms in total. The van der Waals surface area contributed by atoms with E-state index in [2.05, 4.69) is 0 Å². The van der Waals surface area contributed by atoms with Gasteiger partial charge in [-0.25, -0.2) is 0 Å². The lowest BCUT2D eigenvalue weighted by molar-refractivity contribution is -0.312. The van der Waals surface area contributed by atoms with Crippen molar-refractivity contribution in [2.24, 2.45) is 0 Å². The van der Waals surface area contributed by atoms with Crippen LogP contribution in [0.3, 0.4) is 0 Å². The molecule has 3 aromatic carbocycles. The topological polar surface area (TPSA) is 89.5 Å². The van der Waals surface area contributed by atoms with Crippen LogP contribution < -0.4 is 0 Å². The minimum Gasteiger partial charge on any atom is -0.453 e. The van der Waals surface area contributed by atoms with E-state index in [1.807, 2.05) is 91.0 Å². The molecule has 1 aliphatic rings. The zero-order valence-electron chi connectivity index (χ0n) is 22.1. The third-order valence-electron chi connectivity index (χ3n) is 6.14. The van der Waals surface area contributed by atoms with E-state index in [4.69, 9.17) is 28.4 Å². The fourth-order valence-corrected chi connectivity index (χ4v) is 4.38. The largest absolute Gasteiger partial charge is 0.453 e. The molecule has 0 bridgehead atoms. The van der Waals surface area contributed by atoms with Crippen LogP contribution in [0.5, 0.6) is 0 Å². The van der Waals surface area contributed by atoms with Gasteiger partial charge in [0.2, 0.25) is 6.29 Å². The summed E-state index contributed by atoms with van der Waals surface area (Å²) in [5.74, 6) is -1.14. The normalized spacial score (nSPS) is 22.7. The summed E-state index contributed by atoms with van der Waals surface area (Å²) >= 11 is 0. The quantitative estimate of drug-likeness (QED) is 0.312. The van der Waals surface area contributed by atoms with Gasteiger partial charge in [-0.05, 0) is 16.7 Å².